The molecular formula is C18H24ClN3O2. The van der Waals surface area contributed by atoms with Crippen LogP contribution in [-0.4, -0.2) is 47.7 Å². The van der Waals surface area contributed by atoms with Crippen LogP contribution in [0.5, 0.6) is 0 Å². The molecule has 1 aliphatic carbocycles. The predicted molar refractivity (Wildman–Crippen MR) is 92.6 cm³/mol. The number of nitrogens with zero attached hydrogens (tertiary/aromatic N) is 1. The summed E-state index contributed by atoms with van der Waals surface area (Å²) in [6.07, 6.45) is 3.85. The highest BCUT2D eigenvalue weighted by Crippen LogP contribution is 2.46. The van der Waals surface area contributed by atoms with Gasteiger partial charge in [0.2, 0.25) is 5.91 Å². The van der Waals surface area contributed by atoms with E-state index in [1.807, 2.05) is 29.2 Å². The van der Waals surface area contributed by atoms with Gasteiger partial charge in [0.1, 0.15) is 0 Å². The molecule has 0 spiro atoms. The molecule has 24 heavy (non-hydrogen) atoms. The van der Waals surface area contributed by atoms with Crippen LogP contribution in [0.2, 0.25) is 5.02 Å². The zero-order valence-electron chi connectivity index (χ0n) is 13.7. The number of halogens is 1. The van der Waals surface area contributed by atoms with E-state index in [1.165, 1.54) is 0 Å². The Hall–Kier alpha value is -1.14. The van der Waals surface area contributed by atoms with Gasteiger partial charge < -0.3 is 10.0 Å². The number of rotatable bonds is 3. The van der Waals surface area contributed by atoms with Crippen LogP contribution in [0.15, 0.2) is 24.3 Å². The highest BCUT2D eigenvalue weighted by molar-refractivity contribution is 6.30. The second-order valence-electron chi connectivity index (χ2n) is 7.33. The lowest BCUT2D eigenvalue weighted by molar-refractivity contribution is -0.143. The minimum atomic E-state index is -0.369. The summed E-state index contributed by atoms with van der Waals surface area (Å²) in [6.45, 7) is 1.59. The number of piperidine rings is 1. The Balaban J connectivity index is 1.55. The zero-order chi connectivity index (χ0) is 16.7. The van der Waals surface area contributed by atoms with Crippen molar-refractivity contribution < 1.29 is 9.90 Å². The average molecular weight is 350 g/mol. The van der Waals surface area contributed by atoms with E-state index in [9.17, 15) is 9.90 Å². The Morgan fingerprint density at radius 1 is 1.29 bits per heavy atom. The van der Waals surface area contributed by atoms with E-state index in [0.29, 0.717) is 17.6 Å². The van der Waals surface area contributed by atoms with Crippen molar-refractivity contribution in [1.29, 1.82) is 0 Å². The SMILES string of the molecule is O=C(N1CCC2NNC(CO)C2C1)C1(c2ccc(Cl)cc2)CCC1. The normalized spacial score (nSPS) is 31.4. The molecule has 1 aromatic carbocycles. The minimum absolute atomic E-state index is 0.0264. The van der Waals surface area contributed by atoms with Crippen molar-refractivity contribution in [3.63, 3.8) is 0 Å². The molecule has 130 valence electrons. The Morgan fingerprint density at radius 2 is 2.04 bits per heavy atom. The fourth-order valence-corrected chi connectivity index (χ4v) is 4.61. The van der Waals surface area contributed by atoms with Crippen LogP contribution in [0.4, 0.5) is 0 Å². The third-order valence-electron chi connectivity index (χ3n) is 6.13. The Morgan fingerprint density at radius 3 is 2.67 bits per heavy atom. The van der Waals surface area contributed by atoms with Crippen LogP contribution in [0, 0.1) is 5.92 Å². The van der Waals surface area contributed by atoms with Crippen molar-refractivity contribution in [2.24, 2.45) is 5.92 Å². The first-order valence-corrected chi connectivity index (χ1v) is 9.19. The predicted octanol–water partition coefficient (Wildman–Crippen LogP) is 1.45. The second-order valence-corrected chi connectivity index (χ2v) is 7.77. The molecule has 5 nitrogen and oxygen atoms in total. The van der Waals surface area contributed by atoms with E-state index in [-0.39, 0.29) is 29.9 Å². The topological polar surface area (TPSA) is 64.6 Å². The number of benzene rings is 1. The molecule has 0 aromatic heterocycles. The highest BCUT2D eigenvalue weighted by atomic mass is 35.5. The number of hydrogen-bond acceptors (Lipinski definition) is 4. The maximum Gasteiger partial charge on any atom is 0.233 e. The van der Waals surface area contributed by atoms with Crippen molar-refractivity contribution in [3.8, 4) is 0 Å². The summed E-state index contributed by atoms with van der Waals surface area (Å²) in [4.78, 5) is 15.4. The molecule has 2 aliphatic heterocycles. The van der Waals surface area contributed by atoms with Crippen LogP contribution < -0.4 is 10.9 Å². The van der Waals surface area contributed by atoms with E-state index >= 15 is 0 Å². The van der Waals surface area contributed by atoms with Gasteiger partial charge in [-0.2, -0.15) is 0 Å². The van der Waals surface area contributed by atoms with E-state index in [2.05, 4.69) is 10.9 Å². The summed E-state index contributed by atoms with van der Waals surface area (Å²) in [5.41, 5.74) is 7.14. The lowest BCUT2D eigenvalue weighted by Gasteiger charge is -2.46. The van der Waals surface area contributed by atoms with Gasteiger partial charge in [-0.05, 0) is 37.0 Å². The molecule has 3 aliphatic rings. The molecule has 2 saturated heterocycles. The minimum Gasteiger partial charge on any atom is -0.395 e. The van der Waals surface area contributed by atoms with Crippen molar-refractivity contribution in [1.82, 2.24) is 15.8 Å². The van der Waals surface area contributed by atoms with Crippen LogP contribution in [0.25, 0.3) is 0 Å². The molecule has 3 N–H and O–H groups in total. The lowest BCUT2D eigenvalue weighted by atomic mass is 9.63. The number of hydrogen-bond donors (Lipinski definition) is 3. The summed E-state index contributed by atoms with van der Waals surface area (Å²) in [6, 6.07) is 8.13. The van der Waals surface area contributed by atoms with Gasteiger partial charge in [0.15, 0.2) is 0 Å². The van der Waals surface area contributed by atoms with Gasteiger partial charge in [-0.1, -0.05) is 30.2 Å². The fraction of sp³-hybridized carbons (Fsp3) is 0.611. The van der Waals surface area contributed by atoms with Gasteiger partial charge in [0.25, 0.3) is 0 Å². The van der Waals surface area contributed by atoms with Gasteiger partial charge in [-0.3, -0.25) is 15.6 Å². The van der Waals surface area contributed by atoms with Crippen LogP contribution in [0.1, 0.15) is 31.2 Å². The second kappa shape index (κ2) is 6.30. The molecule has 6 heteroatoms. The van der Waals surface area contributed by atoms with Crippen LogP contribution in [0.3, 0.4) is 0 Å². The quantitative estimate of drug-likeness (QED) is 0.773. The van der Waals surface area contributed by atoms with Gasteiger partial charge >= 0.3 is 0 Å². The number of hydrazine groups is 1. The molecule has 3 atom stereocenters. The number of nitrogens with one attached hydrogen (secondary N) is 2. The Bertz CT molecular complexity index is 611. The molecule has 2 heterocycles. The number of amides is 1. The maximum atomic E-state index is 13.4. The molecule has 3 fully saturated rings. The summed E-state index contributed by atoms with van der Waals surface area (Å²) in [5.74, 6) is 0.521. The number of carbonyl (C=O) groups is 1. The van der Waals surface area contributed by atoms with E-state index in [4.69, 9.17) is 11.6 Å². The summed E-state index contributed by atoms with van der Waals surface area (Å²) in [5, 5.41) is 10.2. The Kier molecular flexibility index (Phi) is 4.29. The van der Waals surface area contributed by atoms with Gasteiger partial charge in [0.05, 0.1) is 18.1 Å². The molecule has 0 radical (unpaired) electrons. The average Bonchev–Trinajstić information content (AvgIpc) is 2.97. The number of likely N-dealkylation sites (tertiary alicyclic amines) is 1. The molecule has 3 unspecified atom stereocenters. The standard InChI is InChI=1S/C18H24ClN3O2/c19-13-4-2-12(3-5-13)18(7-1-8-18)17(24)22-9-6-15-14(10-22)16(11-23)21-20-15/h2-5,14-16,20-21,23H,1,6-11H2. The third-order valence-corrected chi connectivity index (χ3v) is 6.38. The van der Waals surface area contributed by atoms with Crippen molar-refractivity contribution >= 4 is 17.5 Å². The summed E-state index contributed by atoms with van der Waals surface area (Å²) in [7, 11) is 0. The maximum absolute atomic E-state index is 13.4. The van der Waals surface area contributed by atoms with E-state index in [0.717, 1.165) is 37.8 Å². The van der Waals surface area contributed by atoms with Crippen molar-refractivity contribution in [2.45, 2.75) is 43.2 Å². The van der Waals surface area contributed by atoms with E-state index < -0.39 is 0 Å². The van der Waals surface area contributed by atoms with Crippen molar-refractivity contribution in [2.75, 3.05) is 19.7 Å². The number of carbonyl (C=O) groups excluding carboxylic acids is 1. The first kappa shape index (κ1) is 16.3. The van der Waals surface area contributed by atoms with Crippen LogP contribution >= 0.6 is 11.6 Å². The monoisotopic (exact) mass is 349 g/mol. The summed E-state index contributed by atoms with van der Waals surface area (Å²) >= 11 is 6.01. The molecule has 0 bridgehead atoms. The lowest BCUT2D eigenvalue weighted by Crippen LogP contribution is -2.56. The Labute approximate surface area is 147 Å². The van der Waals surface area contributed by atoms with Gasteiger partial charge in [0, 0.05) is 30.1 Å². The first-order valence-electron chi connectivity index (χ1n) is 8.81. The smallest absolute Gasteiger partial charge is 0.233 e. The number of aliphatic hydroxyl groups is 1. The number of aliphatic hydroxyl groups excluding tert-OH is 1. The zero-order valence-corrected chi connectivity index (χ0v) is 14.4. The molecule has 4 rings (SSSR count). The summed E-state index contributed by atoms with van der Waals surface area (Å²) < 4.78 is 0. The highest BCUT2D eigenvalue weighted by Gasteiger charge is 2.50. The third kappa shape index (κ3) is 2.54. The van der Waals surface area contributed by atoms with Gasteiger partial charge in [-0.25, -0.2) is 0 Å². The van der Waals surface area contributed by atoms with Crippen LogP contribution in [-0.2, 0) is 10.2 Å². The first-order chi connectivity index (χ1) is 11.6. The number of fused-ring (bicyclic) bond motifs is 1. The van der Waals surface area contributed by atoms with E-state index in [1.54, 1.807) is 0 Å². The molecule has 1 saturated carbocycles. The largest absolute Gasteiger partial charge is 0.395 e. The molecule has 1 aromatic rings. The molecular weight excluding hydrogens is 326 g/mol. The fourth-order valence-electron chi connectivity index (χ4n) is 4.48. The van der Waals surface area contributed by atoms with Gasteiger partial charge in [-0.15, -0.1) is 0 Å². The molecule has 1 amide bonds. The van der Waals surface area contributed by atoms with Crippen molar-refractivity contribution in [3.05, 3.63) is 34.9 Å².